The molecule has 136 valence electrons. The van der Waals surface area contributed by atoms with E-state index in [0.717, 1.165) is 28.6 Å². The maximum absolute atomic E-state index is 4.78. The van der Waals surface area contributed by atoms with Crippen molar-refractivity contribution in [1.82, 2.24) is 24.5 Å². The molecule has 0 amide bonds. The van der Waals surface area contributed by atoms with Gasteiger partial charge in [0, 0.05) is 41.4 Å². The van der Waals surface area contributed by atoms with Gasteiger partial charge in [-0.3, -0.25) is 0 Å². The van der Waals surface area contributed by atoms with Gasteiger partial charge in [-0.05, 0) is 6.07 Å². The number of nitrogens with zero attached hydrogens (tertiary/aromatic N) is 5. The number of aryl methyl sites for hydroxylation is 1. The topological polar surface area (TPSA) is 56.5 Å². The van der Waals surface area contributed by atoms with E-state index in [9.17, 15) is 0 Å². The van der Waals surface area contributed by atoms with Crippen LogP contribution < -0.4 is 0 Å². The number of rotatable bonds is 2. The molecule has 0 N–H and O–H groups in total. The molecule has 26 heavy (non-hydrogen) atoms. The summed E-state index contributed by atoms with van der Waals surface area (Å²) in [4.78, 5) is 18.8. The molecular formula is C21H27N5. The second-order valence-electron chi connectivity index (χ2n) is 8.75. The lowest BCUT2D eigenvalue weighted by Gasteiger charge is -2.22. The van der Waals surface area contributed by atoms with E-state index in [2.05, 4.69) is 58.7 Å². The summed E-state index contributed by atoms with van der Waals surface area (Å²) in [5.74, 6) is 3.27. The molecule has 1 aromatic carbocycles. The average Bonchev–Trinajstić information content (AvgIpc) is 2.99. The number of imidazole rings is 1. The van der Waals surface area contributed by atoms with Gasteiger partial charge in [-0.1, -0.05) is 59.7 Å². The second kappa shape index (κ2) is 6.31. The highest BCUT2D eigenvalue weighted by molar-refractivity contribution is 5.66. The third-order valence-electron chi connectivity index (χ3n) is 4.18. The van der Waals surface area contributed by atoms with Crippen molar-refractivity contribution in [2.45, 2.75) is 52.4 Å². The molecule has 0 unspecified atom stereocenters. The third kappa shape index (κ3) is 3.66. The normalized spacial score (nSPS) is 12.4. The van der Waals surface area contributed by atoms with Crippen LogP contribution in [-0.4, -0.2) is 24.5 Å². The molecule has 5 heteroatoms. The van der Waals surface area contributed by atoms with Crippen molar-refractivity contribution in [1.29, 1.82) is 0 Å². The van der Waals surface area contributed by atoms with Crippen LogP contribution in [0.4, 0.5) is 0 Å². The van der Waals surface area contributed by atoms with Crippen molar-refractivity contribution in [2.24, 2.45) is 7.05 Å². The van der Waals surface area contributed by atoms with Crippen LogP contribution in [0.1, 0.15) is 53.2 Å². The van der Waals surface area contributed by atoms with E-state index < -0.39 is 0 Å². The minimum Gasteiger partial charge on any atom is -0.334 e. The average molecular weight is 349 g/mol. The third-order valence-corrected chi connectivity index (χ3v) is 4.18. The minimum atomic E-state index is -0.144. The molecule has 3 rings (SSSR count). The van der Waals surface area contributed by atoms with Gasteiger partial charge in [0.2, 0.25) is 0 Å². The van der Waals surface area contributed by atoms with Gasteiger partial charge >= 0.3 is 0 Å². The number of benzene rings is 1. The van der Waals surface area contributed by atoms with Crippen molar-refractivity contribution in [3.05, 3.63) is 48.3 Å². The second-order valence-corrected chi connectivity index (χ2v) is 8.75. The van der Waals surface area contributed by atoms with Gasteiger partial charge in [-0.25, -0.2) is 19.9 Å². The van der Waals surface area contributed by atoms with Crippen molar-refractivity contribution in [3.8, 4) is 22.8 Å². The first-order valence-corrected chi connectivity index (χ1v) is 8.91. The van der Waals surface area contributed by atoms with Crippen LogP contribution in [0.5, 0.6) is 0 Å². The summed E-state index contributed by atoms with van der Waals surface area (Å²) in [6.07, 6.45) is 3.75. The Bertz CT molecular complexity index is 894. The van der Waals surface area contributed by atoms with Gasteiger partial charge in [0.25, 0.3) is 0 Å². The molecule has 2 heterocycles. The van der Waals surface area contributed by atoms with Gasteiger partial charge in [0.1, 0.15) is 17.5 Å². The van der Waals surface area contributed by atoms with Gasteiger partial charge in [-0.2, -0.15) is 0 Å². The van der Waals surface area contributed by atoms with Crippen LogP contribution in [-0.2, 0) is 17.9 Å². The summed E-state index contributed by atoms with van der Waals surface area (Å²) >= 11 is 0. The summed E-state index contributed by atoms with van der Waals surface area (Å²) < 4.78 is 2.01. The summed E-state index contributed by atoms with van der Waals surface area (Å²) in [6, 6.07) is 8.22. The molecule has 0 atom stereocenters. The zero-order valence-electron chi connectivity index (χ0n) is 16.7. The number of hydrogen-bond acceptors (Lipinski definition) is 4. The molecule has 0 saturated carbocycles. The molecule has 3 aromatic rings. The summed E-state index contributed by atoms with van der Waals surface area (Å²) in [5, 5.41) is 0. The van der Waals surface area contributed by atoms with Crippen LogP contribution >= 0.6 is 0 Å². The van der Waals surface area contributed by atoms with E-state index >= 15 is 0 Å². The van der Waals surface area contributed by atoms with E-state index in [1.807, 2.05) is 29.9 Å². The molecule has 0 bridgehead atoms. The van der Waals surface area contributed by atoms with Crippen molar-refractivity contribution in [2.75, 3.05) is 0 Å². The maximum Gasteiger partial charge on any atom is 0.163 e. The largest absolute Gasteiger partial charge is 0.334 e. The van der Waals surface area contributed by atoms with E-state index in [1.54, 1.807) is 6.20 Å². The quantitative estimate of drug-likeness (QED) is 0.682. The first-order valence-electron chi connectivity index (χ1n) is 8.91. The first-order chi connectivity index (χ1) is 12.1. The Morgan fingerprint density at radius 2 is 1.38 bits per heavy atom. The lowest BCUT2D eigenvalue weighted by molar-refractivity contribution is 0.497. The SMILES string of the molecule is Cn1ccnc1-c1cccc(-c2nc(C(C)(C)C)nc(C(C)(C)C)n2)c1. The van der Waals surface area contributed by atoms with Crippen LogP contribution in [0.2, 0.25) is 0 Å². The fraction of sp³-hybridized carbons (Fsp3) is 0.429. The predicted octanol–water partition coefficient (Wildman–Crippen LogP) is 4.53. The summed E-state index contributed by atoms with van der Waals surface area (Å²) in [7, 11) is 1.99. The zero-order valence-corrected chi connectivity index (χ0v) is 16.7. The fourth-order valence-corrected chi connectivity index (χ4v) is 2.62. The van der Waals surface area contributed by atoms with E-state index in [1.165, 1.54) is 0 Å². The predicted molar refractivity (Wildman–Crippen MR) is 105 cm³/mol. The van der Waals surface area contributed by atoms with Crippen LogP contribution in [0, 0.1) is 0 Å². The monoisotopic (exact) mass is 349 g/mol. The standard InChI is InChI=1S/C21H27N5/c1-20(2,3)18-23-16(24-19(25-18)21(4,5)6)14-9-8-10-15(13-14)17-22-11-12-26(17)7/h8-13H,1-7H3. The molecule has 0 radical (unpaired) electrons. The lowest BCUT2D eigenvalue weighted by atomic mass is 9.93. The Balaban J connectivity index is 2.16. The molecule has 0 aliphatic rings. The Morgan fingerprint density at radius 1 is 0.808 bits per heavy atom. The van der Waals surface area contributed by atoms with Crippen LogP contribution in [0.25, 0.3) is 22.8 Å². The molecule has 0 saturated heterocycles. The van der Waals surface area contributed by atoms with Gasteiger partial charge < -0.3 is 4.57 Å². The Kier molecular flexibility index (Phi) is 4.42. The highest BCUT2D eigenvalue weighted by Gasteiger charge is 2.25. The first kappa shape index (κ1) is 18.2. The van der Waals surface area contributed by atoms with Crippen LogP contribution in [0.15, 0.2) is 36.7 Å². The van der Waals surface area contributed by atoms with Crippen molar-refractivity contribution < 1.29 is 0 Å². The number of aromatic nitrogens is 5. The molecule has 5 nitrogen and oxygen atoms in total. The highest BCUT2D eigenvalue weighted by Crippen LogP contribution is 2.28. The summed E-state index contributed by atoms with van der Waals surface area (Å²) in [6.45, 7) is 12.8. The van der Waals surface area contributed by atoms with E-state index in [0.29, 0.717) is 5.82 Å². The van der Waals surface area contributed by atoms with Gasteiger partial charge in [0.15, 0.2) is 5.82 Å². The Labute approximate surface area is 155 Å². The van der Waals surface area contributed by atoms with E-state index in [-0.39, 0.29) is 10.8 Å². The maximum atomic E-state index is 4.78. The molecule has 0 fully saturated rings. The van der Waals surface area contributed by atoms with Crippen molar-refractivity contribution >= 4 is 0 Å². The van der Waals surface area contributed by atoms with Crippen LogP contribution in [0.3, 0.4) is 0 Å². The molecule has 0 spiro atoms. The minimum absolute atomic E-state index is 0.144. The Hall–Kier alpha value is -2.56. The zero-order chi connectivity index (χ0) is 19.1. The fourth-order valence-electron chi connectivity index (χ4n) is 2.62. The van der Waals surface area contributed by atoms with Gasteiger partial charge in [-0.15, -0.1) is 0 Å². The summed E-state index contributed by atoms with van der Waals surface area (Å²) in [5.41, 5.74) is 1.73. The Morgan fingerprint density at radius 3 is 1.88 bits per heavy atom. The smallest absolute Gasteiger partial charge is 0.163 e. The van der Waals surface area contributed by atoms with E-state index in [4.69, 9.17) is 15.0 Å². The molecule has 0 aliphatic heterocycles. The van der Waals surface area contributed by atoms with Crippen molar-refractivity contribution in [3.63, 3.8) is 0 Å². The number of hydrogen-bond donors (Lipinski definition) is 0. The molecule has 0 aliphatic carbocycles. The highest BCUT2D eigenvalue weighted by atomic mass is 15.1. The van der Waals surface area contributed by atoms with Gasteiger partial charge in [0.05, 0.1) is 0 Å². The molecule has 2 aromatic heterocycles. The lowest BCUT2D eigenvalue weighted by Crippen LogP contribution is -2.24. The molecular weight excluding hydrogens is 322 g/mol.